The highest BCUT2D eigenvalue weighted by molar-refractivity contribution is 5.82. The summed E-state index contributed by atoms with van der Waals surface area (Å²) in [5.74, 6) is -1.03. The molecule has 1 fully saturated rings. The van der Waals surface area contributed by atoms with E-state index in [0.717, 1.165) is 17.7 Å². The standard InChI is InChI=1S/C17H25F3N2O2/c1-2-21(12-17(18,19)20)16(24)14-9-6-10-22(11-14)15(23)13-7-4-3-5-8-13/h3-4,13-14H,2,5-12H2,1H3/t13-,14-/m0/s1. The summed E-state index contributed by atoms with van der Waals surface area (Å²) in [5.41, 5.74) is 0. The summed E-state index contributed by atoms with van der Waals surface area (Å²) in [5, 5.41) is 0. The quantitative estimate of drug-likeness (QED) is 0.734. The molecule has 2 atom stereocenters. The number of alkyl halides is 3. The number of allylic oxidation sites excluding steroid dienone is 2. The summed E-state index contributed by atoms with van der Waals surface area (Å²) in [7, 11) is 0. The zero-order valence-corrected chi connectivity index (χ0v) is 14.0. The lowest BCUT2D eigenvalue weighted by Crippen LogP contribution is -2.49. The van der Waals surface area contributed by atoms with Gasteiger partial charge in [-0.2, -0.15) is 13.2 Å². The highest BCUT2D eigenvalue weighted by Crippen LogP contribution is 2.26. The summed E-state index contributed by atoms with van der Waals surface area (Å²) in [6, 6.07) is 0. The highest BCUT2D eigenvalue weighted by Gasteiger charge is 2.37. The van der Waals surface area contributed by atoms with Gasteiger partial charge in [0.15, 0.2) is 0 Å². The summed E-state index contributed by atoms with van der Waals surface area (Å²) < 4.78 is 37.8. The largest absolute Gasteiger partial charge is 0.406 e. The van der Waals surface area contributed by atoms with Crippen molar-refractivity contribution >= 4 is 11.8 Å². The first-order valence-corrected chi connectivity index (χ1v) is 8.61. The van der Waals surface area contributed by atoms with Crippen molar-refractivity contribution in [2.75, 3.05) is 26.2 Å². The minimum atomic E-state index is -4.40. The first kappa shape index (κ1) is 18.8. The lowest BCUT2D eigenvalue weighted by molar-refractivity contribution is -0.165. The van der Waals surface area contributed by atoms with Crippen LogP contribution >= 0.6 is 0 Å². The maximum Gasteiger partial charge on any atom is 0.406 e. The molecule has 0 spiro atoms. The molecule has 0 radical (unpaired) electrons. The van der Waals surface area contributed by atoms with Crippen LogP contribution in [-0.2, 0) is 9.59 Å². The third-order valence-corrected chi connectivity index (χ3v) is 4.76. The van der Waals surface area contributed by atoms with E-state index in [4.69, 9.17) is 0 Å². The van der Waals surface area contributed by atoms with Crippen LogP contribution in [0.1, 0.15) is 39.0 Å². The Morgan fingerprint density at radius 3 is 2.54 bits per heavy atom. The Kier molecular flexibility index (Phi) is 6.29. The van der Waals surface area contributed by atoms with Crippen LogP contribution < -0.4 is 0 Å². The Bertz CT molecular complexity index is 491. The predicted octanol–water partition coefficient (Wildman–Crippen LogP) is 2.99. The lowest BCUT2D eigenvalue weighted by Gasteiger charge is -2.36. The molecule has 1 saturated heterocycles. The fraction of sp³-hybridized carbons (Fsp3) is 0.765. The molecular formula is C17H25F3N2O2. The average molecular weight is 346 g/mol. The van der Waals surface area contributed by atoms with Crippen molar-refractivity contribution in [3.63, 3.8) is 0 Å². The fourth-order valence-corrected chi connectivity index (χ4v) is 3.48. The monoisotopic (exact) mass is 346 g/mol. The molecule has 4 nitrogen and oxygen atoms in total. The van der Waals surface area contributed by atoms with Gasteiger partial charge in [0.2, 0.25) is 11.8 Å². The minimum absolute atomic E-state index is 0.0240. The molecule has 0 unspecified atom stereocenters. The molecule has 2 aliphatic rings. The van der Waals surface area contributed by atoms with Crippen molar-refractivity contribution in [3.05, 3.63) is 12.2 Å². The molecule has 2 rings (SSSR count). The van der Waals surface area contributed by atoms with Gasteiger partial charge in [-0.1, -0.05) is 12.2 Å². The first-order valence-electron chi connectivity index (χ1n) is 8.61. The van der Waals surface area contributed by atoms with Gasteiger partial charge >= 0.3 is 6.18 Å². The van der Waals surface area contributed by atoms with Crippen LogP contribution in [0.5, 0.6) is 0 Å². The Hall–Kier alpha value is -1.53. The first-order chi connectivity index (χ1) is 11.3. The van der Waals surface area contributed by atoms with Crippen LogP contribution in [0.4, 0.5) is 13.2 Å². The van der Waals surface area contributed by atoms with E-state index in [1.54, 1.807) is 11.8 Å². The number of nitrogens with zero attached hydrogens (tertiary/aromatic N) is 2. The van der Waals surface area contributed by atoms with Crippen molar-refractivity contribution in [2.45, 2.75) is 45.2 Å². The second kappa shape index (κ2) is 8.03. The van der Waals surface area contributed by atoms with Gasteiger partial charge in [-0.25, -0.2) is 0 Å². The van der Waals surface area contributed by atoms with Crippen molar-refractivity contribution in [2.24, 2.45) is 11.8 Å². The molecule has 0 aromatic rings. The van der Waals surface area contributed by atoms with Gasteiger partial charge in [-0.15, -0.1) is 0 Å². The van der Waals surface area contributed by atoms with E-state index in [-0.39, 0.29) is 24.9 Å². The number of carbonyl (C=O) groups excluding carboxylic acids is 2. The molecule has 0 bridgehead atoms. The summed E-state index contributed by atoms with van der Waals surface area (Å²) >= 11 is 0. The number of rotatable bonds is 4. The molecule has 24 heavy (non-hydrogen) atoms. The third kappa shape index (κ3) is 4.98. The lowest BCUT2D eigenvalue weighted by atomic mass is 9.90. The second-order valence-corrected chi connectivity index (χ2v) is 6.57. The molecule has 0 N–H and O–H groups in total. The van der Waals surface area contributed by atoms with Gasteiger partial charge in [0, 0.05) is 25.6 Å². The van der Waals surface area contributed by atoms with E-state index < -0.39 is 24.5 Å². The summed E-state index contributed by atoms with van der Waals surface area (Å²) in [4.78, 5) is 27.5. The van der Waals surface area contributed by atoms with Crippen LogP contribution in [0, 0.1) is 11.8 Å². The van der Waals surface area contributed by atoms with Crippen LogP contribution in [0.25, 0.3) is 0 Å². The van der Waals surface area contributed by atoms with Crippen molar-refractivity contribution in [1.29, 1.82) is 0 Å². The molecular weight excluding hydrogens is 321 g/mol. The number of halogens is 3. The normalized spacial score (nSPS) is 24.8. The van der Waals surface area contributed by atoms with Gasteiger partial charge in [-0.05, 0) is 39.0 Å². The van der Waals surface area contributed by atoms with Crippen molar-refractivity contribution in [3.8, 4) is 0 Å². The Morgan fingerprint density at radius 2 is 1.96 bits per heavy atom. The number of amides is 2. The number of hydrogen-bond acceptors (Lipinski definition) is 2. The molecule has 2 amide bonds. The molecule has 0 saturated carbocycles. The van der Waals surface area contributed by atoms with E-state index in [2.05, 4.69) is 6.08 Å². The summed E-state index contributed by atoms with van der Waals surface area (Å²) in [6.45, 7) is 1.18. The van der Waals surface area contributed by atoms with Crippen LogP contribution in [0.2, 0.25) is 0 Å². The Morgan fingerprint density at radius 1 is 1.21 bits per heavy atom. The molecule has 1 heterocycles. The molecule has 1 aliphatic carbocycles. The van der Waals surface area contributed by atoms with E-state index in [9.17, 15) is 22.8 Å². The Labute approximate surface area is 140 Å². The smallest absolute Gasteiger partial charge is 0.342 e. The molecule has 0 aromatic heterocycles. The second-order valence-electron chi connectivity index (χ2n) is 6.57. The Balaban J connectivity index is 1.97. The SMILES string of the molecule is CCN(CC(F)(F)F)C(=O)[C@H]1CCCN(C(=O)[C@H]2CC=CCC2)C1. The van der Waals surface area contributed by atoms with Gasteiger partial charge < -0.3 is 9.80 Å². The van der Waals surface area contributed by atoms with Crippen LogP contribution in [0.15, 0.2) is 12.2 Å². The van der Waals surface area contributed by atoms with Crippen molar-refractivity contribution < 1.29 is 22.8 Å². The average Bonchev–Trinajstić information content (AvgIpc) is 2.58. The van der Waals surface area contributed by atoms with E-state index in [1.807, 2.05) is 6.08 Å². The maximum absolute atomic E-state index is 12.6. The third-order valence-electron chi connectivity index (χ3n) is 4.76. The van der Waals surface area contributed by atoms with Gasteiger partial charge in [0.25, 0.3) is 0 Å². The van der Waals surface area contributed by atoms with E-state index >= 15 is 0 Å². The maximum atomic E-state index is 12.6. The molecule has 1 aliphatic heterocycles. The van der Waals surface area contributed by atoms with E-state index in [1.165, 1.54) is 0 Å². The number of likely N-dealkylation sites (tertiary alicyclic amines) is 1. The molecule has 136 valence electrons. The topological polar surface area (TPSA) is 40.6 Å². The van der Waals surface area contributed by atoms with Gasteiger partial charge in [0.05, 0.1) is 5.92 Å². The molecule has 7 heteroatoms. The minimum Gasteiger partial charge on any atom is -0.342 e. The summed E-state index contributed by atoms with van der Waals surface area (Å²) in [6.07, 6.45) is 3.26. The fourth-order valence-electron chi connectivity index (χ4n) is 3.48. The zero-order valence-electron chi connectivity index (χ0n) is 14.0. The number of hydrogen-bond donors (Lipinski definition) is 0. The van der Waals surface area contributed by atoms with Crippen molar-refractivity contribution in [1.82, 2.24) is 9.80 Å². The highest BCUT2D eigenvalue weighted by atomic mass is 19.4. The number of carbonyl (C=O) groups is 2. The zero-order chi connectivity index (χ0) is 17.7. The number of piperidine rings is 1. The molecule has 0 aromatic carbocycles. The van der Waals surface area contributed by atoms with Crippen LogP contribution in [-0.4, -0.2) is 54.0 Å². The van der Waals surface area contributed by atoms with E-state index in [0.29, 0.717) is 25.8 Å². The van der Waals surface area contributed by atoms with Gasteiger partial charge in [0.1, 0.15) is 6.54 Å². The van der Waals surface area contributed by atoms with Gasteiger partial charge in [-0.3, -0.25) is 9.59 Å². The van der Waals surface area contributed by atoms with Crippen LogP contribution in [0.3, 0.4) is 0 Å². The predicted molar refractivity (Wildman–Crippen MR) is 84.1 cm³/mol.